The number of aromatic nitrogens is 4. The first-order chi connectivity index (χ1) is 16.3. The maximum absolute atomic E-state index is 14.9. The van der Waals surface area contributed by atoms with Crippen LogP contribution in [0.1, 0.15) is 19.4 Å². The lowest BCUT2D eigenvalue weighted by atomic mass is 10.1. The zero-order valence-electron chi connectivity index (χ0n) is 19.5. The molecule has 176 valence electrons. The van der Waals surface area contributed by atoms with E-state index < -0.39 is 11.6 Å². The van der Waals surface area contributed by atoms with Crippen molar-refractivity contribution < 1.29 is 8.78 Å². The van der Waals surface area contributed by atoms with Crippen molar-refractivity contribution in [3.63, 3.8) is 0 Å². The Bertz CT molecular complexity index is 1360. The molecule has 1 aliphatic heterocycles. The second kappa shape index (κ2) is 8.64. The van der Waals surface area contributed by atoms with Gasteiger partial charge in [-0.15, -0.1) is 5.10 Å². The molecule has 2 aromatic carbocycles. The van der Waals surface area contributed by atoms with E-state index in [1.54, 1.807) is 4.68 Å². The molecule has 0 amide bonds. The number of hydrogen-bond donors (Lipinski definition) is 1. The van der Waals surface area contributed by atoms with Crippen molar-refractivity contribution in [1.82, 2.24) is 24.6 Å². The van der Waals surface area contributed by atoms with Crippen LogP contribution in [0.2, 0.25) is 0 Å². The molecule has 5 rings (SSSR count). The highest BCUT2D eigenvalue weighted by Crippen LogP contribution is 2.35. The van der Waals surface area contributed by atoms with Crippen LogP contribution in [0.5, 0.6) is 0 Å². The van der Waals surface area contributed by atoms with Crippen LogP contribution < -0.4 is 10.6 Å². The Morgan fingerprint density at radius 3 is 2.41 bits per heavy atom. The highest BCUT2D eigenvalue weighted by atomic mass is 19.2. The maximum atomic E-state index is 14.9. The molecule has 1 aliphatic rings. The van der Waals surface area contributed by atoms with E-state index in [-0.39, 0.29) is 17.1 Å². The number of nitrogen functional groups attached to an aromatic ring is 1. The average Bonchev–Trinajstić information content (AvgIpc) is 3.17. The predicted molar refractivity (Wildman–Crippen MR) is 130 cm³/mol. The lowest BCUT2D eigenvalue weighted by Gasteiger charge is -2.36. The molecule has 9 heteroatoms. The Labute approximate surface area is 196 Å². The molecule has 0 saturated carbocycles. The number of hydrogen-bond acceptors (Lipinski definition) is 6. The second-order valence-electron chi connectivity index (χ2n) is 8.93. The SMILES string of the molecule is Cc1cccc(-n2nc3nc(N4CCN(C(C)C)CC4)nc(-c4cccc(F)c4F)c3c2N)c1. The molecule has 1 saturated heterocycles. The van der Waals surface area contributed by atoms with E-state index in [1.807, 2.05) is 31.2 Å². The van der Waals surface area contributed by atoms with E-state index in [0.29, 0.717) is 23.0 Å². The van der Waals surface area contributed by atoms with Crippen LogP contribution in [0.25, 0.3) is 28.0 Å². The minimum absolute atomic E-state index is 0.0324. The number of halogens is 2. The molecule has 1 fully saturated rings. The molecule has 0 radical (unpaired) electrons. The van der Waals surface area contributed by atoms with Gasteiger partial charge >= 0.3 is 0 Å². The number of nitrogens with two attached hydrogens (primary N) is 1. The van der Waals surface area contributed by atoms with E-state index in [1.165, 1.54) is 12.1 Å². The summed E-state index contributed by atoms with van der Waals surface area (Å²) in [6.45, 7) is 9.50. The lowest BCUT2D eigenvalue weighted by Crippen LogP contribution is -2.49. The van der Waals surface area contributed by atoms with E-state index >= 15 is 0 Å². The second-order valence-corrected chi connectivity index (χ2v) is 8.93. The zero-order chi connectivity index (χ0) is 24.0. The number of rotatable bonds is 4. The molecule has 2 aromatic heterocycles. The summed E-state index contributed by atoms with van der Waals surface area (Å²) >= 11 is 0. The number of piperazine rings is 1. The number of benzene rings is 2. The van der Waals surface area contributed by atoms with Crippen molar-refractivity contribution in [3.8, 4) is 16.9 Å². The van der Waals surface area contributed by atoms with Gasteiger partial charge in [-0.1, -0.05) is 18.2 Å². The molecule has 34 heavy (non-hydrogen) atoms. The molecule has 7 nitrogen and oxygen atoms in total. The van der Waals surface area contributed by atoms with E-state index in [0.717, 1.165) is 43.5 Å². The van der Waals surface area contributed by atoms with Gasteiger partial charge in [0.05, 0.1) is 16.8 Å². The average molecular weight is 464 g/mol. The van der Waals surface area contributed by atoms with Crippen molar-refractivity contribution in [2.75, 3.05) is 36.8 Å². The van der Waals surface area contributed by atoms with Crippen LogP contribution >= 0.6 is 0 Å². The zero-order valence-corrected chi connectivity index (χ0v) is 19.5. The summed E-state index contributed by atoms with van der Waals surface area (Å²) in [5, 5.41) is 5.05. The molecular weight excluding hydrogens is 436 g/mol. The summed E-state index contributed by atoms with van der Waals surface area (Å²) in [5.41, 5.74) is 8.92. The Balaban J connectivity index is 1.69. The fourth-order valence-corrected chi connectivity index (χ4v) is 4.42. The number of aryl methyl sites for hydroxylation is 1. The van der Waals surface area contributed by atoms with Crippen LogP contribution in [0.3, 0.4) is 0 Å². The Morgan fingerprint density at radius 1 is 0.971 bits per heavy atom. The fraction of sp³-hybridized carbons (Fsp3) is 0.320. The van der Waals surface area contributed by atoms with Gasteiger partial charge in [-0.25, -0.2) is 18.4 Å². The van der Waals surface area contributed by atoms with Gasteiger partial charge in [0.25, 0.3) is 0 Å². The molecule has 0 unspecified atom stereocenters. The first kappa shape index (κ1) is 22.2. The molecule has 0 spiro atoms. The monoisotopic (exact) mass is 463 g/mol. The Morgan fingerprint density at radius 2 is 1.71 bits per heavy atom. The van der Waals surface area contributed by atoms with Gasteiger partial charge in [0, 0.05) is 37.8 Å². The van der Waals surface area contributed by atoms with Crippen molar-refractivity contribution in [2.45, 2.75) is 26.8 Å². The quantitative estimate of drug-likeness (QED) is 0.489. The van der Waals surface area contributed by atoms with Gasteiger partial charge in [0.1, 0.15) is 5.82 Å². The minimum atomic E-state index is -0.971. The maximum Gasteiger partial charge on any atom is 0.228 e. The summed E-state index contributed by atoms with van der Waals surface area (Å²) in [7, 11) is 0. The number of fused-ring (bicyclic) bond motifs is 1. The van der Waals surface area contributed by atoms with Gasteiger partial charge in [-0.05, 0) is 50.6 Å². The summed E-state index contributed by atoms with van der Waals surface area (Å²) in [5.74, 6) is -1.21. The van der Waals surface area contributed by atoms with Crippen LogP contribution in [0.15, 0.2) is 42.5 Å². The third-order valence-corrected chi connectivity index (χ3v) is 6.34. The summed E-state index contributed by atoms with van der Waals surface area (Å²) in [4.78, 5) is 13.9. The van der Waals surface area contributed by atoms with Gasteiger partial charge in [-0.2, -0.15) is 4.98 Å². The van der Waals surface area contributed by atoms with Crippen LogP contribution in [0.4, 0.5) is 20.5 Å². The van der Waals surface area contributed by atoms with Crippen LogP contribution in [-0.4, -0.2) is 56.9 Å². The Kier molecular flexibility index (Phi) is 5.65. The van der Waals surface area contributed by atoms with Crippen molar-refractivity contribution in [2.24, 2.45) is 0 Å². The third kappa shape index (κ3) is 3.86. The van der Waals surface area contributed by atoms with E-state index in [9.17, 15) is 8.78 Å². The predicted octanol–water partition coefficient (Wildman–Crippen LogP) is 4.18. The highest BCUT2D eigenvalue weighted by molar-refractivity contribution is 5.99. The highest BCUT2D eigenvalue weighted by Gasteiger charge is 2.26. The lowest BCUT2D eigenvalue weighted by molar-refractivity contribution is 0.208. The molecule has 0 bridgehead atoms. The number of nitrogens with zero attached hydrogens (tertiary/aromatic N) is 6. The molecular formula is C25H27F2N7. The minimum Gasteiger partial charge on any atom is -0.383 e. The molecule has 3 heterocycles. The van der Waals surface area contributed by atoms with Crippen LogP contribution in [0, 0.1) is 18.6 Å². The van der Waals surface area contributed by atoms with Crippen molar-refractivity contribution in [1.29, 1.82) is 0 Å². The van der Waals surface area contributed by atoms with E-state index in [2.05, 4.69) is 28.7 Å². The van der Waals surface area contributed by atoms with Gasteiger partial charge in [0.15, 0.2) is 17.3 Å². The van der Waals surface area contributed by atoms with E-state index in [4.69, 9.17) is 15.7 Å². The van der Waals surface area contributed by atoms with Gasteiger partial charge in [-0.3, -0.25) is 4.90 Å². The van der Waals surface area contributed by atoms with Crippen molar-refractivity contribution >= 4 is 22.8 Å². The summed E-state index contributed by atoms with van der Waals surface area (Å²) in [6.07, 6.45) is 0. The Hall–Kier alpha value is -3.59. The molecule has 0 aliphatic carbocycles. The molecule has 0 atom stereocenters. The first-order valence-corrected chi connectivity index (χ1v) is 11.4. The molecule has 2 N–H and O–H groups in total. The third-order valence-electron chi connectivity index (χ3n) is 6.34. The van der Waals surface area contributed by atoms with Crippen LogP contribution in [-0.2, 0) is 0 Å². The summed E-state index contributed by atoms with van der Waals surface area (Å²) < 4.78 is 30.7. The summed E-state index contributed by atoms with van der Waals surface area (Å²) in [6, 6.07) is 12.2. The normalized spacial score (nSPS) is 14.9. The number of anilines is 2. The van der Waals surface area contributed by atoms with Gasteiger partial charge in [0.2, 0.25) is 5.95 Å². The largest absolute Gasteiger partial charge is 0.383 e. The van der Waals surface area contributed by atoms with Crippen molar-refractivity contribution in [3.05, 3.63) is 59.7 Å². The standard InChI is InChI=1S/C25H27F2N7/c1-15(2)32-10-12-33(13-11-32)25-29-22(18-8-5-9-19(26)21(18)27)20-23(28)34(31-24(20)30-25)17-7-4-6-16(3)14-17/h4-9,14-15H,10-13,28H2,1-3H3. The fourth-order valence-electron chi connectivity index (χ4n) is 4.42. The smallest absolute Gasteiger partial charge is 0.228 e. The topological polar surface area (TPSA) is 76.1 Å². The first-order valence-electron chi connectivity index (χ1n) is 11.4. The van der Waals surface area contributed by atoms with Gasteiger partial charge < -0.3 is 10.6 Å². The molecule has 4 aromatic rings.